The number of halogens is 1. The van der Waals surface area contributed by atoms with Gasteiger partial charge in [0.1, 0.15) is 0 Å². The van der Waals surface area contributed by atoms with E-state index in [9.17, 15) is 0 Å². The van der Waals surface area contributed by atoms with E-state index in [4.69, 9.17) is 11.6 Å². The molecule has 0 aliphatic rings. The molecule has 0 bridgehead atoms. The highest BCUT2D eigenvalue weighted by Crippen LogP contribution is 2.23. The van der Waals surface area contributed by atoms with E-state index in [2.05, 4.69) is 52.0 Å². The van der Waals surface area contributed by atoms with Gasteiger partial charge in [0.25, 0.3) is 0 Å². The van der Waals surface area contributed by atoms with Crippen molar-refractivity contribution in [3.8, 4) is 0 Å². The van der Waals surface area contributed by atoms with Crippen LogP contribution in [0.1, 0.15) is 64.5 Å². The maximum atomic E-state index is 6.22. The van der Waals surface area contributed by atoms with Gasteiger partial charge in [-0.3, -0.25) is 0 Å². The van der Waals surface area contributed by atoms with Crippen LogP contribution in [0.4, 0.5) is 0 Å². The Bertz CT molecular complexity index is 345. The van der Waals surface area contributed by atoms with Crippen molar-refractivity contribution in [2.45, 2.75) is 71.1 Å². The highest BCUT2D eigenvalue weighted by Gasteiger charge is 2.13. The minimum atomic E-state index is -0.0320. The van der Waals surface area contributed by atoms with Gasteiger partial charge in [-0.1, -0.05) is 51.0 Å². The number of alkyl halides is 1. The van der Waals surface area contributed by atoms with Crippen LogP contribution in [0.2, 0.25) is 0 Å². The second kappa shape index (κ2) is 7.94. The van der Waals surface area contributed by atoms with Crippen LogP contribution in [0.25, 0.3) is 0 Å². The first-order chi connectivity index (χ1) is 8.90. The minimum Gasteiger partial charge on any atom is -0.120 e. The molecule has 1 heteroatoms. The fourth-order valence-electron chi connectivity index (χ4n) is 2.37. The fourth-order valence-corrected chi connectivity index (χ4v) is 2.50. The van der Waals surface area contributed by atoms with Gasteiger partial charge in [0.05, 0.1) is 0 Å². The standard InChI is InChI=1S/C18H29Cl/c1-5-16-10-12-17(13-11-16)9-8-15(2)7-6-14-18(3,4)19/h10-13,15H,5-9,14H2,1-4H3. The summed E-state index contributed by atoms with van der Waals surface area (Å²) in [5.41, 5.74) is 2.91. The third kappa shape index (κ3) is 7.62. The average Bonchev–Trinajstić information content (AvgIpc) is 2.35. The Morgan fingerprint density at radius 3 is 2.16 bits per heavy atom. The lowest BCUT2D eigenvalue weighted by molar-refractivity contribution is 0.446. The largest absolute Gasteiger partial charge is 0.120 e. The van der Waals surface area contributed by atoms with Crippen molar-refractivity contribution < 1.29 is 0 Å². The number of hydrogen-bond donors (Lipinski definition) is 0. The summed E-state index contributed by atoms with van der Waals surface area (Å²) >= 11 is 6.22. The molecule has 108 valence electrons. The maximum Gasteiger partial charge on any atom is 0.0390 e. The van der Waals surface area contributed by atoms with Crippen molar-refractivity contribution in [2.24, 2.45) is 5.92 Å². The number of hydrogen-bond acceptors (Lipinski definition) is 0. The van der Waals surface area contributed by atoms with Crippen LogP contribution in [-0.4, -0.2) is 4.87 Å². The van der Waals surface area contributed by atoms with Gasteiger partial charge in [0, 0.05) is 4.87 Å². The average molecular weight is 281 g/mol. The van der Waals surface area contributed by atoms with Gasteiger partial charge in [-0.15, -0.1) is 11.6 Å². The van der Waals surface area contributed by atoms with Crippen LogP contribution in [0.3, 0.4) is 0 Å². The van der Waals surface area contributed by atoms with Gasteiger partial charge in [-0.2, -0.15) is 0 Å². The number of rotatable bonds is 8. The first-order valence-electron chi connectivity index (χ1n) is 7.67. The molecule has 1 aromatic rings. The molecule has 0 amide bonds. The van der Waals surface area contributed by atoms with Gasteiger partial charge < -0.3 is 0 Å². The van der Waals surface area contributed by atoms with Crippen molar-refractivity contribution in [1.29, 1.82) is 0 Å². The molecule has 0 aliphatic heterocycles. The molecule has 0 spiro atoms. The van der Waals surface area contributed by atoms with Gasteiger partial charge in [0.15, 0.2) is 0 Å². The molecule has 0 aliphatic carbocycles. The SMILES string of the molecule is CCc1ccc(CCC(C)CCCC(C)(C)Cl)cc1. The van der Waals surface area contributed by atoms with E-state index in [0.717, 1.165) is 18.8 Å². The number of benzene rings is 1. The second-order valence-corrected chi connectivity index (χ2v) is 7.45. The molecule has 0 saturated heterocycles. The Balaban J connectivity index is 2.23. The van der Waals surface area contributed by atoms with Crippen molar-refractivity contribution in [2.75, 3.05) is 0 Å². The van der Waals surface area contributed by atoms with Crippen LogP contribution in [0, 0.1) is 5.92 Å². The predicted molar refractivity (Wildman–Crippen MR) is 87.1 cm³/mol. The molecule has 0 fully saturated rings. The Hall–Kier alpha value is -0.490. The van der Waals surface area contributed by atoms with Crippen LogP contribution in [-0.2, 0) is 12.8 Å². The molecule has 1 unspecified atom stereocenters. The molecule has 0 saturated carbocycles. The second-order valence-electron chi connectivity index (χ2n) is 6.42. The topological polar surface area (TPSA) is 0 Å². The zero-order valence-corrected chi connectivity index (χ0v) is 13.8. The summed E-state index contributed by atoms with van der Waals surface area (Å²) in [4.78, 5) is -0.0320. The summed E-state index contributed by atoms with van der Waals surface area (Å²) in [6, 6.07) is 9.09. The lowest BCUT2D eigenvalue weighted by Gasteiger charge is -2.17. The molecule has 0 radical (unpaired) electrons. The molecular weight excluding hydrogens is 252 g/mol. The lowest BCUT2D eigenvalue weighted by atomic mass is 9.94. The maximum absolute atomic E-state index is 6.22. The third-order valence-electron chi connectivity index (χ3n) is 3.83. The molecular formula is C18H29Cl. The van der Waals surface area contributed by atoms with E-state index < -0.39 is 0 Å². The molecule has 0 aromatic heterocycles. The van der Waals surface area contributed by atoms with Gasteiger partial charge in [-0.05, 0) is 56.6 Å². The molecule has 1 aromatic carbocycles. The van der Waals surface area contributed by atoms with Crippen molar-refractivity contribution in [1.82, 2.24) is 0 Å². The van der Waals surface area contributed by atoms with Crippen LogP contribution < -0.4 is 0 Å². The fraction of sp³-hybridized carbons (Fsp3) is 0.667. The molecule has 0 heterocycles. The lowest BCUT2D eigenvalue weighted by Crippen LogP contribution is -2.10. The zero-order chi connectivity index (χ0) is 14.3. The minimum absolute atomic E-state index is 0.0320. The van der Waals surface area contributed by atoms with E-state index >= 15 is 0 Å². The summed E-state index contributed by atoms with van der Waals surface area (Å²) < 4.78 is 0. The Morgan fingerprint density at radius 1 is 1.05 bits per heavy atom. The molecule has 0 N–H and O–H groups in total. The molecule has 1 atom stereocenters. The normalized spacial score (nSPS) is 13.5. The summed E-state index contributed by atoms with van der Waals surface area (Å²) in [7, 11) is 0. The van der Waals surface area contributed by atoms with E-state index in [1.54, 1.807) is 0 Å². The van der Waals surface area contributed by atoms with Gasteiger partial charge >= 0.3 is 0 Å². The van der Waals surface area contributed by atoms with Crippen molar-refractivity contribution in [3.63, 3.8) is 0 Å². The summed E-state index contributed by atoms with van der Waals surface area (Å²) in [6.45, 7) is 8.78. The van der Waals surface area contributed by atoms with E-state index in [0.29, 0.717) is 0 Å². The third-order valence-corrected chi connectivity index (χ3v) is 4.01. The summed E-state index contributed by atoms with van der Waals surface area (Å²) in [5.74, 6) is 0.796. The first kappa shape index (κ1) is 16.6. The first-order valence-corrected chi connectivity index (χ1v) is 8.05. The van der Waals surface area contributed by atoms with Crippen LogP contribution >= 0.6 is 11.6 Å². The monoisotopic (exact) mass is 280 g/mol. The van der Waals surface area contributed by atoms with E-state index in [1.165, 1.54) is 36.8 Å². The molecule has 0 nitrogen and oxygen atoms in total. The summed E-state index contributed by atoms with van der Waals surface area (Å²) in [6.07, 6.45) is 7.27. The van der Waals surface area contributed by atoms with E-state index in [1.807, 2.05) is 0 Å². The summed E-state index contributed by atoms with van der Waals surface area (Å²) in [5, 5.41) is 0. The van der Waals surface area contributed by atoms with Crippen LogP contribution in [0.15, 0.2) is 24.3 Å². The van der Waals surface area contributed by atoms with E-state index in [-0.39, 0.29) is 4.87 Å². The van der Waals surface area contributed by atoms with Crippen molar-refractivity contribution >= 4 is 11.6 Å². The quantitative estimate of drug-likeness (QED) is 0.512. The highest BCUT2D eigenvalue weighted by atomic mass is 35.5. The Labute approximate surface area is 124 Å². The Morgan fingerprint density at radius 2 is 1.63 bits per heavy atom. The highest BCUT2D eigenvalue weighted by molar-refractivity contribution is 6.23. The smallest absolute Gasteiger partial charge is 0.0390 e. The number of aryl methyl sites for hydroxylation is 2. The zero-order valence-electron chi connectivity index (χ0n) is 13.0. The molecule has 1 rings (SSSR count). The predicted octanol–water partition coefficient (Wildman–Crippen LogP) is 6.01. The van der Waals surface area contributed by atoms with Gasteiger partial charge in [-0.25, -0.2) is 0 Å². The molecule has 19 heavy (non-hydrogen) atoms. The van der Waals surface area contributed by atoms with Crippen molar-refractivity contribution in [3.05, 3.63) is 35.4 Å². The van der Waals surface area contributed by atoms with Crippen LogP contribution in [0.5, 0.6) is 0 Å². The Kier molecular flexibility index (Phi) is 6.93. The van der Waals surface area contributed by atoms with Gasteiger partial charge in [0.2, 0.25) is 0 Å².